The molecule has 19 heavy (non-hydrogen) atoms. The maximum absolute atomic E-state index is 13.6. The Morgan fingerprint density at radius 3 is 2.79 bits per heavy atom. The molecule has 98 valence electrons. The molecule has 5 heteroatoms. The number of nitrogens with two attached hydrogens (primary N) is 1. The van der Waals surface area contributed by atoms with Gasteiger partial charge in [-0.15, -0.1) is 22.7 Å². The van der Waals surface area contributed by atoms with Crippen molar-refractivity contribution in [2.75, 3.05) is 0 Å². The Hall–Kier alpha value is -1.30. The molecule has 2 N–H and O–H groups in total. The number of benzene rings is 1. The van der Waals surface area contributed by atoms with Gasteiger partial charge >= 0.3 is 0 Å². The third-order valence-electron chi connectivity index (χ3n) is 3.00. The minimum atomic E-state index is -0.822. The van der Waals surface area contributed by atoms with Crippen molar-refractivity contribution < 1.29 is 8.78 Å². The highest BCUT2D eigenvalue weighted by Gasteiger charge is 2.15. The van der Waals surface area contributed by atoms with Crippen LogP contribution in [0, 0.1) is 11.6 Å². The Balaban J connectivity index is 1.86. The normalized spacial score (nSPS) is 13.0. The summed E-state index contributed by atoms with van der Waals surface area (Å²) >= 11 is 3.27. The van der Waals surface area contributed by atoms with E-state index in [1.54, 1.807) is 28.7 Å². The van der Waals surface area contributed by atoms with Crippen molar-refractivity contribution >= 4 is 32.1 Å². The molecular weight excluding hydrogens is 284 g/mol. The second-order valence-corrected chi connectivity index (χ2v) is 6.38. The molecule has 0 saturated heterocycles. The van der Waals surface area contributed by atoms with E-state index < -0.39 is 11.6 Å². The lowest BCUT2D eigenvalue weighted by Gasteiger charge is -2.10. The van der Waals surface area contributed by atoms with Gasteiger partial charge in [0, 0.05) is 20.3 Å². The third kappa shape index (κ3) is 2.41. The highest BCUT2D eigenvalue weighted by Crippen LogP contribution is 2.33. The van der Waals surface area contributed by atoms with Gasteiger partial charge in [-0.25, -0.2) is 8.78 Å². The summed E-state index contributed by atoms with van der Waals surface area (Å²) in [5.74, 6) is -1.62. The lowest BCUT2D eigenvalue weighted by Crippen LogP contribution is -2.13. The van der Waals surface area contributed by atoms with Crippen LogP contribution in [0.25, 0.3) is 9.40 Å². The molecule has 3 aromatic rings. The second-order valence-electron chi connectivity index (χ2n) is 4.32. The number of thiophene rings is 2. The van der Waals surface area contributed by atoms with Crippen molar-refractivity contribution in [1.82, 2.24) is 0 Å². The topological polar surface area (TPSA) is 26.0 Å². The van der Waals surface area contributed by atoms with Crippen molar-refractivity contribution in [3.05, 3.63) is 57.8 Å². The fourth-order valence-electron chi connectivity index (χ4n) is 2.01. The Kier molecular flexibility index (Phi) is 3.35. The van der Waals surface area contributed by atoms with Crippen molar-refractivity contribution in [2.24, 2.45) is 5.73 Å². The second kappa shape index (κ2) is 5.00. The molecule has 2 aromatic heterocycles. The highest BCUT2D eigenvalue weighted by molar-refractivity contribution is 7.26. The van der Waals surface area contributed by atoms with Crippen LogP contribution in [-0.4, -0.2) is 0 Å². The van der Waals surface area contributed by atoms with E-state index in [0.717, 1.165) is 10.9 Å². The number of fused-ring (bicyclic) bond motifs is 1. The zero-order chi connectivity index (χ0) is 13.4. The molecule has 0 fully saturated rings. The quantitative estimate of drug-likeness (QED) is 0.757. The molecule has 0 amide bonds. The van der Waals surface area contributed by atoms with Gasteiger partial charge in [0.2, 0.25) is 0 Å². The molecule has 0 radical (unpaired) electrons. The Morgan fingerprint density at radius 2 is 2.00 bits per heavy atom. The molecule has 1 nitrogen and oxygen atoms in total. The molecule has 1 aromatic carbocycles. The van der Waals surface area contributed by atoms with Crippen LogP contribution in [0.2, 0.25) is 0 Å². The average Bonchev–Trinajstić information content (AvgIpc) is 2.95. The number of hydrogen-bond donors (Lipinski definition) is 1. The average molecular weight is 295 g/mol. The van der Waals surface area contributed by atoms with Gasteiger partial charge in [0.1, 0.15) is 0 Å². The molecule has 0 aliphatic rings. The summed E-state index contributed by atoms with van der Waals surface area (Å²) in [6.07, 6.45) is 0.303. The summed E-state index contributed by atoms with van der Waals surface area (Å²) in [6, 6.07) is 7.98. The molecule has 0 aliphatic carbocycles. The van der Waals surface area contributed by atoms with E-state index in [4.69, 9.17) is 5.73 Å². The zero-order valence-corrected chi connectivity index (χ0v) is 11.5. The van der Waals surface area contributed by atoms with Crippen molar-refractivity contribution in [3.8, 4) is 0 Å². The van der Waals surface area contributed by atoms with Crippen LogP contribution in [-0.2, 0) is 6.42 Å². The van der Waals surface area contributed by atoms with Gasteiger partial charge in [-0.2, -0.15) is 0 Å². The molecular formula is C14H11F2NS2. The van der Waals surface area contributed by atoms with Crippen LogP contribution in [0.3, 0.4) is 0 Å². The smallest absolute Gasteiger partial charge is 0.162 e. The molecule has 3 rings (SSSR count). The van der Waals surface area contributed by atoms with Gasteiger partial charge in [0.25, 0.3) is 0 Å². The monoisotopic (exact) mass is 295 g/mol. The van der Waals surface area contributed by atoms with Gasteiger partial charge in [0.05, 0.1) is 0 Å². The van der Waals surface area contributed by atoms with Gasteiger partial charge < -0.3 is 5.73 Å². The van der Waals surface area contributed by atoms with Crippen LogP contribution < -0.4 is 5.73 Å². The Labute approximate surface area is 117 Å². The summed E-state index contributed by atoms with van der Waals surface area (Å²) in [5.41, 5.74) is 6.42. The van der Waals surface area contributed by atoms with E-state index in [9.17, 15) is 8.78 Å². The first-order chi connectivity index (χ1) is 9.15. The number of rotatable bonds is 3. The molecule has 0 bridgehead atoms. The molecule has 0 spiro atoms. The summed E-state index contributed by atoms with van der Waals surface area (Å²) in [5, 5.41) is 2.03. The van der Waals surface area contributed by atoms with Gasteiger partial charge in [-0.1, -0.05) is 12.1 Å². The maximum Gasteiger partial charge on any atom is 0.162 e. The Morgan fingerprint density at radius 1 is 1.16 bits per heavy atom. The predicted octanol–water partition coefficient (Wildman–Crippen LogP) is 4.48. The first-order valence-corrected chi connectivity index (χ1v) is 7.50. The first kappa shape index (κ1) is 12.7. The minimum Gasteiger partial charge on any atom is -0.323 e. The van der Waals surface area contributed by atoms with E-state index in [1.165, 1.54) is 15.5 Å². The van der Waals surface area contributed by atoms with E-state index in [0.29, 0.717) is 12.0 Å². The lowest BCUT2D eigenvalue weighted by atomic mass is 10.0. The van der Waals surface area contributed by atoms with Crippen LogP contribution in [0.1, 0.15) is 16.5 Å². The van der Waals surface area contributed by atoms with Crippen molar-refractivity contribution in [3.63, 3.8) is 0 Å². The van der Waals surface area contributed by atoms with E-state index >= 15 is 0 Å². The van der Waals surface area contributed by atoms with Crippen molar-refractivity contribution in [2.45, 2.75) is 12.5 Å². The third-order valence-corrected chi connectivity index (χ3v) is 5.22. The molecule has 1 unspecified atom stereocenters. The summed E-state index contributed by atoms with van der Waals surface area (Å²) < 4.78 is 29.1. The van der Waals surface area contributed by atoms with Crippen LogP contribution in [0.5, 0.6) is 0 Å². The lowest BCUT2D eigenvalue weighted by molar-refractivity contribution is 0.494. The fraction of sp³-hybridized carbons (Fsp3) is 0.143. The molecule has 1 atom stereocenters. The van der Waals surface area contributed by atoms with Crippen LogP contribution >= 0.6 is 22.7 Å². The van der Waals surface area contributed by atoms with E-state index in [-0.39, 0.29) is 6.04 Å². The highest BCUT2D eigenvalue weighted by atomic mass is 32.1. The molecule has 0 saturated carbocycles. The van der Waals surface area contributed by atoms with E-state index in [2.05, 4.69) is 0 Å². The number of hydrogen-bond acceptors (Lipinski definition) is 3. The van der Waals surface area contributed by atoms with Gasteiger partial charge in [-0.3, -0.25) is 0 Å². The van der Waals surface area contributed by atoms with Gasteiger partial charge in [-0.05, 0) is 35.6 Å². The van der Waals surface area contributed by atoms with Crippen LogP contribution in [0.15, 0.2) is 35.7 Å². The summed E-state index contributed by atoms with van der Waals surface area (Å²) in [6.45, 7) is 0. The minimum absolute atomic E-state index is 0.303. The summed E-state index contributed by atoms with van der Waals surface area (Å²) in [7, 11) is 0. The van der Waals surface area contributed by atoms with Crippen molar-refractivity contribution in [1.29, 1.82) is 0 Å². The standard InChI is InChI=1S/C14H11F2NS2/c15-9-3-1-2-8(14(9)16)6-10(17)12-7-13-11(19-12)4-5-18-13/h1-5,7,10H,6,17H2. The SMILES string of the molecule is NC(Cc1cccc(F)c1F)c1cc2sccc2s1. The van der Waals surface area contributed by atoms with Crippen LogP contribution in [0.4, 0.5) is 8.78 Å². The first-order valence-electron chi connectivity index (χ1n) is 5.80. The predicted molar refractivity (Wildman–Crippen MR) is 76.7 cm³/mol. The Bertz CT molecular complexity index is 689. The summed E-state index contributed by atoms with van der Waals surface area (Å²) in [4.78, 5) is 1.01. The molecule has 2 heterocycles. The number of halogens is 2. The zero-order valence-electron chi connectivity index (χ0n) is 9.90. The maximum atomic E-state index is 13.6. The van der Waals surface area contributed by atoms with E-state index in [1.807, 2.05) is 17.5 Å². The van der Waals surface area contributed by atoms with Gasteiger partial charge in [0.15, 0.2) is 11.6 Å². The largest absolute Gasteiger partial charge is 0.323 e. The molecule has 0 aliphatic heterocycles. The fourth-order valence-corrected chi connectivity index (χ4v) is 4.13.